The zero-order valence-electron chi connectivity index (χ0n) is 17.9. The van der Waals surface area contributed by atoms with Crippen molar-refractivity contribution in [3.63, 3.8) is 0 Å². The van der Waals surface area contributed by atoms with Gasteiger partial charge in [0.1, 0.15) is 5.57 Å². The van der Waals surface area contributed by atoms with E-state index in [1.54, 1.807) is 6.08 Å². The van der Waals surface area contributed by atoms with Crippen LogP contribution in [0.5, 0.6) is 0 Å². The molecule has 2 amide bonds. The second kappa shape index (κ2) is 7.96. The monoisotopic (exact) mass is 429 g/mol. The van der Waals surface area contributed by atoms with Gasteiger partial charge in [-0.3, -0.25) is 19.8 Å². The largest absolute Gasteiger partial charge is 0.318 e. The van der Waals surface area contributed by atoms with E-state index in [2.05, 4.69) is 9.88 Å². The Labute approximate surface area is 187 Å². The number of carbonyl (C=O) groups is 2. The van der Waals surface area contributed by atoms with Crippen molar-refractivity contribution < 1.29 is 9.59 Å². The number of thiocarbonyl (C=S) groups is 1. The number of rotatable bonds is 3. The fourth-order valence-corrected chi connectivity index (χ4v) is 4.19. The second-order valence-corrected chi connectivity index (χ2v) is 8.06. The van der Waals surface area contributed by atoms with Crippen molar-refractivity contribution in [2.24, 2.45) is 0 Å². The molecule has 1 aliphatic heterocycles. The molecule has 1 fully saturated rings. The molecule has 0 unspecified atom stereocenters. The van der Waals surface area contributed by atoms with Gasteiger partial charge in [0.2, 0.25) is 0 Å². The third kappa shape index (κ3) is 3.59. The molecule has 0 radical (unpaired) electrons. The minimum Gasteiger partial charge on any atom is -0.318 e. The third-order valence-corrected chi connectivity index (χ3v) is 5.99. The van der Waals surface area contributed by atoms with Crippen LogP contribution in [-0.2, 0) is 9.59 Å². The molecule has 31 heavy (non-hydrogen) atoms. The van der Waals surface area contributed by atoms with Crippen LogP contribution >= 0.6 is 12.2 Å². The fraction of sp³-hybridized carbons (Fsp3) is 0.160. The van der Waals surface area contributed by atoms with Crippen LogP contribution in [0.2, 0.25) is 0 Å². The molecule has 5 nitrogen and oxygen atoms in total. The minimum absolute atomic E-state index is 0.0582. The van der Waals surface area contributed by atoms with Gasteiger partial charge in [-0.15, -0.1) is 0 Å². The number of carbonyl (C=O) groups excluding carboxylic acids is 2. The fourth-order valence-electron chi connectivity index (χ4n) is 3.92. The number of hydrogen-bond donors (Lipinski definition) is 1. The highest BCUT2D eigenvalue weighted by Crippen LogP contribution is 2.28. The van der Waals surface area contributed by atoms with Gasteiger partial charge in [0.05, 0.1) is 5.69 Å². The van der Waals surface area contributed by atoms with Crippen LogP contribution in [0.1, 0.15) is 28.1 Å². The number of anilines is 1. The van der Waals surface area contributed by atoms with E-state index in [1.165, 1.54) is 4.90 Å². The Kier molecular flexibility index (Phi) is 5.33. The second-order valence-electron chi connectivity index (χ2n) is 7.67. The lowest BCUT2D eigenvalue weighted by Crippen LogP contribution is -2.54. The van der Waals surface area contributed by atoms with Crippen LogP contribution < -0.4 is 10.2 Å². The Bertz CT molecular complexity index is 1260. The molecule has 0 atom stereocenters. The molecule has 1 aromatic heterocycles. The molecule has 1 saturated heterocycles. The van der Waals surface area contributed by atoms with Crippen LogP contribution in [0.15, 0.2) is 60.2 Å². The lowest BCUT2D eigenvalue weighted by molar-refractivity contribution is -0.122. The molecule has 6 heteroatoms. The molecule has 2 heterocycles. The first-order chi connectivity index (χ1) is 14.8. The summed E-state index contributed by atoms with van der Waals surface area (Å²) >= 11 is 5.34. The normalized spacial score (nSPS) is 15.5. The third-order valence-electron chi connectivity index (χ3n) is 5.70. The Morgan fingerprint density at radius 1 is 0.935 bits per heavy atom. The molecule has 0 saturated carbocycles. The van der Waals surface area contributed by atoms with E-state index in [1.807, 2.05) is 82.3 Å². The predicted molar refractivity (Wildman–Crippen MR) is 127 cm³/mol. The summed E-state index contributed by atoms with van der Waals surface area (Å²) in [5.41, 5.74) is 6.52. The number of amides is 2. The lowest BCUT2D eigenvalue weighted by Gasteiger charge is -2.30. The zero-order valence-corrected chi connectivity index (χ0v) is 18.7. The van der Waals surface area contributed by atoms with E-state index < -0.39 is 11.8 Å². The highest BCUT2D eigenvalue weighted by Gasteiger charge is 2.35. The van der Waals surface area contributed by atoms with Crippen molar-refractivity contribution in [3.8, 4) is 5.69 Å². The molecule has 0 bridgehead atoms. The van der Waals surface area contributed by atoms with Crippen molar-refractivity contribution in [1.29, 1.82) is 0 Å². The van der Waals surface area contributed by atoms with Crippen LogP contribution in [-0.4, -0.2) is 21.5 Å². The number of para-hydroxylation sites is 1. The summed E-state index contributed by atoms with van der Waals surface area (Å²) in [6, 6.07) is 17.6. The molecule has 2 aromatic carbocycles. The number of aryl methyl sites for hydroxylation is 2. The van der Waals surface area contributed by atoms with Crippen molar-refractivity contribution in [2.45, 2.75) is 27.7 Å². The maximum atomic E-state index is 13.4. The smallest absolute Gasteiger partial charge is 0.270 e. The first-order valence-corrected chi connectivity index (χ1v) is 10.4. The molecular formula is C25H23N3O2S. The van der Waals surface area contributed by atoms with E-state index in [-0.39, 0.29) is 10.7 Å². The maximum absolute atomic E-state index is 13.4. The van der Waals surface area contributed by atoms with Gasteiger partial charge in [0.15, 0.2) is 5.11 Å². The molecule has 156 valence electrons. The zero-order chi connectivity index (χ0) is 22.3. The number of hydrogen-bond acceptors (Lipinski definition) is 3. The van der Waals surface area contributed by atoms with Gasteiger partial charge < -0.3 is 4.57 Å². The van der Waals surface area contributed by atoms with E-state index in [9.17, 15) is 9.59 Å². The molecule has 4 rings (SSSR count). The van der Waals surface area contributed by atoms with Gasteiger partial charge in [0.25, 0.3) is 11.8 Å². The highest BCUT2D eigenvalue weighted by molar-refractivity contribution is 7.80. The van der Waals surface area contributed by atoms with Crippen LogP contribution in [0, 0.1) is 27.7 Å². The van der Waals surface area contributed by atoms with Crippen LogP contribution in [0.3, 0.4) is 0 Å². The standard InChI is InChI=1S/C25H23N3O2S/c1-15-9-8-12-22(17(15)3)28-24(30)21(23(29)26-25(28)31)14-19-13-16(2)27(18(19)4)20-10-6-5-7-11-20/h5-14H,1-4H3,(H,26,29,31)/b21-14+. The Morgan fingerprint density at radius 3 is 2.35 bits per heavy atom. The van der Waals surface area contributed by atoms with Crippen molar-refractivity contribution in [3.05, 3.63) is 88.2 Å². The van der Waals surface area contributed by atoms with Crippen molar-refractivity contribution in [1.82, 2.24) is 9.88 Å². The SMILES string of the molecule is Cc1cccc(N2C(=O)/C(=C/c3cc(C)n(-c4ccccc4)c3C)C(=O)NC2=S)c1C. The summed E-state index contributed by atoms with van der Waals surface area (Å²) in [5, 5.41) is 2.76. The summed E-state index contributed by atoms with van der Waals surface area (Å²) < 4.78 is 2.10. The molecule has 0 aliphatic carbocycles. The summed E-state index contributed by atoms with van der Waals surface area (Å²) in [4.78, 5) is 27.5. The molecule has 1 aliphatic rings. The van der Waals surface area contributed by atoms with Gasteiger partial charge >= 0.3 is 0 Å². The van der Waals surface area contributed by atoms with Crippen LogP contribution in [0.4, 0.5) is 5.69 Å². The number of nitrogens with one attached hydrogen (secondary N) is 1. The number of nitrogens with zero attached hydrogens (tertiary/aromatic N) is 2. The molecular weight excluding hydrogens is 406 g/mol. The summed E-state index contributed by atoms with van der Waals surface area (Å²) in [5.74, 6) is -0.909. The summed E-state index contributed by atoms with van der Waals surface area (Å²) in [7, 11) is 0. The van der Waals surface area contributed by atoms with Crippen molar-refractivity contribution in [2.75, 3.05) is 4.90 Å². The lowest BCUT2D eigenvalue weighted by atomic mass is 10.0. The summed E-state index contributed by atoms with van der Waals surface area (Å²) in [6.07, 6.45) is 1.65. The topological polar surface area (TPSA) is 54.3 Å². The maximum Gasteiger partial charge on any atom is 0.270 e. The highest BCUT2D eigenvalue weighted by atomic mass is 32.1. The Balaban J connectivity index is 1.79. The van der Waals surface area contributed by atoms with E-state index >= 15 is 0 Å². The number of benzene rings is 2. The van der Waals surface area contributed by atoms with Gasteiger partial charge in [-0.2, -0.15) is 0 Å². The average Bonchev–Trinajstić information content (AvgIpc) is 3.02. The molecule has 1 N–H and O–H groups in total. The molecule has 0 spiro atoms. The van der Waals surface area contributed by atoms with E-state index in [0.717, 1.165) is 33.8 Å². The first-order valence-electron chi connectivity index (χ1n) is 10.0. The average molecular weight is 430 g/mol. The quantitative estimate of drug-likeness (QED) is 0.378. The van der Waals surface area contributed by atoms with E-state index in [0.29, 0.717) is 5.69 Å². The molecule has 3 aromatic rings. The van der Waals surface area contributed by atoms with Gasteiger partial charge in [-0.05, 0) is 86.9 Å². The van der Waals surface area contributed by atoms with Gasteiger partial charge in [-0.1, -0.05) is 30.3 Å². The first kappa shape index (κ1) is 20.8. The van der Waals surface area contributed by atoms with Gasteiger partial charge in [-0.25, -0.2) is 0 Å². The van der Waals surface area contributed by atoms with Crippen LogP contribution in [0.25, 0.3) is 11.8 Å². The minimum atomic E-state index is -0.485. The summed E-state index contributed by atoms with van der Waals surface area (Å²) in [6.45, 7) is 7.89. The van der Waals surface area contributed by atoms with Gasteiger partial charge in [0, 0.05) is 17.1 Å². The number of aromatic nitrogens is 1. The van der Waals surface area contributed by atoms with Crippen molar-refractivity contribution >= 4 is 40.9 Å². The predicted octanol–water partition coefficient (Wildman–Crippen LogP) is 4.54. The Morgan fingerprint density at radius 2 is 1.65 bits per heavy atom. The van der Waals surface area contributed by atoms with E-state index in [4.69, 9.17) is 12.2 Å². The Hall–Kier alpha value is -3.51.